The van der Waals surface area contributed by atoms with Gasteiger partial charge in [0.05, 0.1) is 17.1 Å². The predicted octanol–water partition coefficient (Wildman–Crippen LogP) is 4.98. The molecule has 0 N–H and O–H groups in total. The molecule has 0 radical (unpaired) electrons. The first-order chi connectivity index (χ1) is 11.2. The molecule has 0 unspecified atom stereocenters. The van der Waals surface area contributed by atoms with Crippen molar-refractivity contribution in [2.45, 2.75) is 31.6 Å². The number of hydrogen-bond acceptors (Lipinski definition) is 2. The summed E-state index contributed by atoms with van der Waals surface area (Å²) in [6.07, 6.45) is 4.22. The molecule has 0 saturated heterocycles. The lowest BCUT2D eigenvalue weighted by atomic mass is 10.0. The van der Waals surface area contributed by atoms with Gasteiger partial charge in [-0.25, -0.2) is 4.98 Å². The number of benzene rings is 2. The number of nitrogens with zero attached hydrogens (tertiary/aromatic N) is 2. The minimum Gasteiger partial charge on any atom is -0.296 e. The zero-order valence-corrected chi connectivity index (χ0v) is 14.6. The Morgan fingerprint density at radius 3 is 2.52 bits per heavy atom. The number of imidazole rings is 1. The van der Waals surface area contributed by atoms with Gasteiger partial charge in [-0.1, -0.05) is 29.8 Å². The van der Waals surface area contributed by atoms with E-state index in [2.05, 4.69) is 67.1 Å². The lowest BCUT2D eigenvalue weighted by Crippen LogP contribution is -2.13. The van der Waals surface area contributed by atoms with Gasteiger partial charge in [0, 0.05) is 16.9 Å². The molecule has 1 aliphatic rings. The van der Waals surface area contributed by atoms with Gasteiger partial charge in [0.15, 0.2) is 0 Å². The van der Waals surface area contributed by atoms with E-state index >= 15 is 0 Å². The number of aryl methyl sites for hydroxylation is 4. The quantitative estimate of drug-likeness (QED) is 0.620. The molecular weight excluding hydrogens is 300 g/mol. The van der Waals surface area contributed by atoms with Crippen LogP contribution in [-0.2, 0) is 12.8 Å². The third-order valence-corrected chi connectivity index (χ3v) is 5.32. The summed E-state index contributed by atoms with van der Waals surface area (Å²) in [5.74, 6) is 1.18. The molecule has 2 nitrogen and oxygen atoms in total. The highest BCUT2D eigenvalue weighted by Crippen LogP contribution is 2.35. The number of thioether (sulfide) groups is 1. The van der Waals surface area contributed by atoms with Crippen molar-refractivity contribution in [2.24, 2.45) is 0 Å². The van der Waals surface area contributed by atoms with Gasteiger partial charge in [-0.15, -0.1) is 11.8 Å². The fraction of sp³-hybridized carbons (Fsp3) is 0.250. The van der Waals surface area contributed by atoms with E-state index in [1.54, 1.807) is 11.8 Å². The van der Waals surface area contributed by atoms with Crippen molar-refractivity contribution in [1.82, 2.24) is 9.55 Å². The summed E-state index contributed by atoms with van der Waals surface area (Å²) in [4.78, 5) is 6.18. The topological polar surface area (TPSA) is 17.8 Å². The number of rotatable bonds is 2. The molecule has 0 amide bonds. The molecule has 4 rings (SSSR count). The SMILES string of the molecule is CSc1ccc2c(c1)CCc1nc(C)c(-c3ccc(C)cc3)n1-2. The minimum atomic E-state index is 1.01. The van der Waals surface area contributed by atoms with Gasteiger partial charge in [-0.05, 0) is 50.3 Å². The van der Waals surface area contributed by atoms with E-state index < -0.39 is 0 Å². The Bertz CT molecular complexity index is 875. The van der Waals surface area contributed by atoms with Gasteiger partial charge in [0.2, 0.25) is 0 Å². The lowest BCUT2D eigenvalue weighted by Gasteiger charge is -2.21. The second-order valence-electron chi connectivity index (χ2n) is 6.16. The molecule has 0 saturated carbocycles. The van der Waals surface area contributed by atoms with Gasteiger partial charge < -0.3 is 0 Å². The van der Waals surface area contributed by atoms with Crippen molar-refractivity contribution in [3.8, 4) is 16.9 Å². The van der Waals surface area contributed by atoms with Gasteiger partial charge in [0.1, 0.15) is 5.82 Å². The third-order valence-electron chi connectivity index (χ3n) is 4.59. The zero-order chi connectivity index (χ0) is 16.0. The first-order valence-corrected chi connectivity index (χ1v) is 9.22. The summed E-state index contributed by atoms with van der Waals surface area (Å²) in [7, 11) is 0. The second kappa shape index (κ2) is 5.57. The number of hydrogen-bond donors (Lipinski definition) is 0. The van der Waals surface area contributed by atoms with Gasteiger partial charge in [-0.3, -0.25) is 4.57 Å². The maximum Gasteiger partial charge on any atom is 0.114 e. The van der Waals surface area contributed by atoms with E-state index in [9.17, 15) is 0 Å². The summed E-state index contributed by atoms with van der Waals surface area (Å²) in [6.45, 7) is 4.25. The van der Waals surface area contributed by atoms with E-state index in [1.807, 2.05) is 0 Å². The second-order valence-corrected chi connectivity index (χ2v) is 7.04. The van der Waals surface area contributed by atoms with E-state index in [0.29, 0.717) is 0 Å². The Kier molecular flexibility index (Phi) is 3.53. The maximum atomic E-state index is 4.85. The van der Waals surface area contributed by atoms with E-state index in [1.165, 1.54) is 38.8 Å². The molecule has 0 atom stereocenters. The van der Waals surface area contributed by atoms with Crippen molar-refractivity contribution < 1.29 is 0 Å². The molecule has 3 aromatic rings. The first-order valence-electron chi connectivity index (χ1n) is 8.00. The highest BCUT2D eigenvalue weighted by Gasteiger charge is 2.23. The Morgan fingerprint density at radius 1 is 1.00 bits per heavy atom. The number of aromatic nitrogens is 2. The average Bonchev–Trinajstić information content (AvgIpc) is 2.91. The summed E-state index contributed by atoms with van der Waals surface area (Å²) in [5, 5.41) is 0. The van der Waals surface area contributed by atoms with Crippen LogP contribution in [0.15, 0.2) is 47.4 Å². The lowest BCUT2D eigenvalue weighted by molar-refractivity contribution is 0.777. The van der Waals surface area contributed by atoms with Crippen LogP contribution >= 0.6 is 11.8 Å². The Hall–Kier alpha value is -2.00. The van der Waals surface area contributed by atoms with Gasteiger partial charge >= 0.3 is 0 Å². The minimum absolute atomic E-state index is 1.01. The highest BCUT2D eigenvalue weighted by molar-refractivity contribution is 7.98. The highest BCUT2D eigenvalue weighted by atomic mass is 32.2. The molecule has 0 spiro atoms. The van der Waals surface area contributed by atoms with Crippen LogP contribution in [0.2, 0.25) is 0 Å². The smallest absolute Gasteiger partial charge is 0.114 e. The molecule has 1 aromatic heterocycles. The first kappa shape index (κ1) is 14.6. The normalized spacial score (nSPS) is 12.8. The van der Waals surface area contributed by atoms with E-state index in [4.69, 9.17) is 4.98 Å². The molecule has 2 heterocycles. The fourth-order valence-corrected chi connectivity index (χ4v) is 3.88. The molecule has 1 aliphatic heterocycles. The summed E-state index contributed by atoms with van der Waals surface area (Å²) in [6, 6.07) is 15.6. The van der Waals surface area contributed by atoms with Crippen LogP contribution in [-0.4, -0.2) is 15.8 Å². The van der Waals surface area contributed by atoms with Crippen molar-refractivity contribution in [3.05, 3.63) is 65.1 Å². The van der Waals surface area contributed by atoms with Gasteiger partial charge in [0.25, 0.3) is 0 Å². The standard InChI is InChI=1S/C20H20N2S/c1-13-4-6-15(7-5-13)20-14(2)21-19-11-8-16-12-17(23-3)9-10-18(16)22(19)20/h4-7,9-10,12H,8,11H2,1-3H3. The van der Waals surface area contributed by atoms with Crippen LogP contribution in [0.4, 0.5) is 0 Å². The average molecular weight is 320 g/mol. The van der Waals surface area contributed by atoms with Crippen LogP contribution in [0.3, 0.4) is 0 Å². The molecule has 0 bridgehead atoms. The predicted molar refractivity (Wildman–Crippen MR) is 97.7 cm³/mol. The molecule has 23 heavy (non-hydrogen) atoms. The summed E-state index contributed by atoms with van der Waals surface area (Å²) in [5.41, 5.74) is 7.60. The van der Waals surface area contributed by atoms with E-state index in [0.717, 1.165) is 18.5 Å². The van der Waals surface area contributed by atoms with Crippen molar-refractivity contribution >= 4 is 11.8 Å². The maximum absolute atomic E-state index is 4.85. The Morgan fingerprint density at radius 2 is 1.78 bits per heavy atom. The molecular formula is C20H20N2S. The van der Waals surface area contributed by atoms with Crippen LogP contribution < -0.4 is 0 Å². The van der Waals surface area contributed by atoms with Crippen molar-refractivity contribution in [1.29, 1.82) is 0 Å². The van der Waals surface area contributed by atoms with Crippen LogP contribution in [0.5, 0.6) is 0 Å². The zero-order valence-electron chi connectivity index (χ0n) is 13.8. The summed E-state index contributed by atoms with van der Waals surface area (Å²) < 4.78 is 2.36. The molecule has 116 valence electrons. The molecule has 3 heteroatoms. The van der Waals surface area contributed by atoms with E-state index in [-0.39, 0.29) is 0 Å². The van der Waals surface area contributed by atoms with Crippen molar-refractivity contribution in [2.75, 3.05) is 6.26 Å². The van der Waals surface area contributed by atoms with Crippen LogP contribution in [0.1, 0.15) is 22.6 Å². The van der Waals surface area contributed by atoms with Crippen LogP contribution in [0.25, 0.3) is 16.9 Å². The Balaban J connectivity index is 1.94. The largest absolute Gasteiger partial charge is 0.296 e. The van der Waals surface area contributed by atoms with Gasteiger partial charge in [-0.2, -0.15) is 0 Å². The summed E-state index contributed by atoms with van der Waals surface area (Å²) >= 11 is 1.81. The third kappa shape index (κ3) is 2.40. The van der Waals surface area contributed by atoms with Crippen LogP contribution in [0, 0.1) is 13.8 Å². The number of fused-ring (bicyclic) bond motifs is 3. The molecule has 0 fully saturated rings. The molecule has 0 aliphatic carbocycles. The fourth-order valence-electron chi connectivity index (χ4n) is 3.42. The monoisotopic (exact) mass is 320 g/mol. The van der Waals surface area contributed by atoms with Crippen molar-refractivity contribution in [3.63, 3.8) is 0 Å². The molecule has 2 aromatic carbocycles. The Labute approximate surface area is 141 Å².